The molecule has 0 saturated heterocycles. The van der Waals surface area contributed by atoms with Gasteiger partial charge in [-0.1, -0.05) is 92.6 Å². The predicted octanol–water partition coefficient (Wildman–Crippen LogP) is 11.0. The van der Waals surface area contributed by atoms with Gasteiger partial charge in [-0.05, 0) is 121 Å². The summed E-state index contributed by atoms with van der Waals surface area (Å²) in [5.41, 5.74) is 7.02. The molecule has 0 aliphatic heterocycles. The summed E-state index contributed by atoms with van der Waals surface area (Å²) >= 11 is 1.51. The van der Waals surface area contributed by atoms with E-state index in [0.29, 0.717) is 52.6 Å². The van der Waals surface area contributed by atoms with Crippen molar-refractivity contribution in [2.75, 3.05) is 36.6 Å². The van der Waals surface area contributed by atoms with Gasteiger partial charge in [0, 0.05) is 48.6 Å². The standard InChI is InChI=1S/C49H53FN6O3S/c1-3-5-13-35-16-18-36(19-17-35)38-22-26-43(44(50)33-38)42-27-25-41(32-39(42)34-54-56(30-12-31-57)49-55-45-14-8-9-15-46(45)60-49)59-48(51)37-20-23-40(24-21-37)52-28-10-6-7-11-29-53-47(58)4-2/h4,8-9,14-27,32-34,51-52,57H,2-3,5-7,10-13,28-31H2,1H3,(H,53,58)/b51-48?,54-34+. The maximum Gasteiger partial charge on any atom is 0.243 e. The Balaban J connectivity index is 1.20. The van der Waals surface area contributed by atoms with E-state index in [2.05, 4.69) is 36.3 Å². The van der Waals surface area contributed by atoms with Gasteiger partial charge in [-0.2, -0.15) is 5.10 Å². The van der Waals surface area contributed by atoms with Crippen molar-refractivity contribution >= 4 is 50.4 Å². The summed E-state index contributed by atoms with van der Waals surface area (Å²) in [6.45, 7) is 7.53. The number of fused-ring (bicyclic) bond motifs is 1. The van der Waals surface area contributed by atoms with Crippen molar-refractivity contribution in [3.63, 3.8) is 0 Å². The average Bonchev–Trinajstić information content (AvgIpc) is 3.71. The number of benzene rings is 5. The smallest absolute Gasteiger partial charge is 0.243 e. The molecule has 0 atom stereocenters. The maximum atomic E-state index is 16.2. The number of anilines is 2. The van der Waals surface area contributed by atoms with Gasteiger partial charge < -0.3 is 20.5 Å². The molecule has 4 N–H and O–H groups in total. The lowest BCUT2D eigenvalue weighted by molar-refractivity contribution is -0.116. The molecular formula is C49H53FN6O3S. The summed E-state index contributed by atoms with van der Waals surface area (Å²) in [6, 6.07) is 34.3. The SMILES string of the molecule is C=CC(=O)NCCCCCCNc1ccc(C(=N)Oc2ccc(-c3ccc(-c4ccc(CCCC)cc4)cc3F)c(/C=N/N(CCCO)c3nc4ccccc4s3)c2)cc1. The third kappa shape index (κ3) is 12.2. The molecule has 0 unspecified atom stereocenters. The van der Waals surface area contributed by atoms with E-state index in [0.717, 1.165) is 78.5 Å². The fourth-order valence-corrected chi connectivity index (χ4v) is 7.63. The molecule has 310 valence electrons. The number of aliphatic hydroxyl groups is 1. The topological polar surface area (TPSA) is 123 Å². The minimum absolute atomic E-state index is 0.0104. The van der Waals surface area contributed by atoms with Crippen LogP contribution in [0.4, 0.5) is 15.2 Å². The number of thiazole rings is 1. The predicted molar refractivity (Wildman–Crippen MR) is 246 cm³/mol. The molecule has 0 bridgehead atoms. The van der Waals surface area contributed by atoms with Crippen molar-refractivity contribution in [3.05, 3.63) is 144 Å². The van der Waals surface area contributed by atoms with Gasteiger partial charge >= 0.3 is 0 Å². The lowest BCUT2D eigenvalue weighted by atomic mass is 9.96. The number of unbranched alkanes of at least 4 members (excludes halogenated alkanes) is 4. The highest BCUT2D eigenvalue weighted by Crippen LogP contribution is 2.33. The highest BCUT2D eigenvalue weighted by molar-refractivity contribution is 7.22. The van der Waals surface area contributed by atoms with Crippen LogP contribution in [0.2, 0.25) is 0 Å². The molecule has 0 aliphatic carbocycles. The third-order valence-corrected chi connectivity index (χ3v) is 11.1. The molecule has 60 heavy (non-hydrogen) atoms. The Morgan fingerprint density at radius 1 is 0.900 bits per heavy atom. The number of carbonyl (C=O) groups is 1. The van der Waals surface area contributed by atoms with Gasteiger partial charge in [0.15, 0.2) is 0 Å². The number of hydrogen-bond donors (Lipinski definition) is 4. The second-order valence-corrected chi connectivity index (χ2v) is 15.5. The van der Waals surface area contributed by atoms with Crippen LogP contribution in [0.3, 0.4) is 0 Å². The fraction of sp³-hybridized carbons (Fsp3) is 0.265. The first-order valence-electron chi connectivity index (χ1n) is 20.7. The van der Waals surface area contributed by atoms with E-state index in [4.69, 9.17) is 20.2 Å². The summed E-state index contributed by atoms with van der Waals surface area (Å²) in [4.78, 5) is 16.1. The average molecular weight is 825 g/mol. The van der Waals surface area contributed by atoms with Gasteiger partial charge in [0.05, 0.1) is 16.4 Å². The second kappa shape index (κ2) is 22.3. The minimum Gasteiger partial charge on any atom is -0.439 e. The third-order valence-electron chi connectivity index (χ3n) is 10.0. The molecule has 1 amide bonds. The van der Waals surface area contributed by atoms with Crippen LogP contribution in [0.5, 0.6) is 5.75 Å². The zero-order valence-corrected chi connectivity index (χ0v) is 34.9. The number of para-hydroxylation sites is 1. The van der Waals surface area contributed by atoms with E-state index < -0.39 is 0 Å². The maximum absolute atomic E-state index is 16.2. The number of hydrazone groups is 1. The van der Waals surface area contributed by atoms with E-state index >= 15 is 4.39 Å². The molecule has 0 fully saturated rings. The number of nitrogens with one attached hydrogen (secondary N) is 3. The Hall–Kier alpha value is -6.17. The lowest BCUT2D eigenvalue weighted by Gasteiger charge is -2.16. The van der Waals surface area contributed by atoms with Gasteiger partial charge in [-0.25, -0.2) is 14.4 Å². The summed E-state index contributed by atoms with van der Waals surface area (Å²) in [7, 11) is 0. The van der Waals surface area contributed by atoms with E-state index in [1.54, 1.807) is 41.6 Å². The Labute approximate surface area is 356 Å². The number of amides is 1. The number of carbonyl (C=O) groups excluding carboxylic acids is 1. The number of aromatic nitrogens is 1. The molecule has 6 aromatic rings. The summed E-state index contributed by atoms with van der Waals surface area (Å²) < 4.78 is 23.3. The van der Waals surface area contributed by atoms with Gasteiger partial charge in [0.1, 0.15) is 11.6 Å². The number of hydrogen-bond acceptors (Lipinski definition) is 9. The van der Waals surface area contributed by atoms with Crippen LogP contribution in [0.15, 0.2) is 127 Å². The van der Waals surface area contributed by atoms with Gasteiger partial charge in [-0.15, -0.1) is 0 Å². The molecule has 1 aromatic heterocycles. The number of rotatable bonds is 22. The highest BCUT2D eigenvalue weighted by atomic mass is 32.1. The summed E-state index contributed by atoms with van der Waals surface area (Å²) in [5, 5.41) is 32.0. The van der Waals surface area contributed by atoms with Gasteiger partial charge in [-0.3, -0.25) is 10.2 Å². The van der Waals surface area contributed by atoms with Crippen molar-refractivity contribution in [2.45, 2.75) is 58.3 Å². The summed E-state index contributed by atoms with van der Waals surface area (Å²) in [6.07, 6.45) is 10.7. The number of halogens is 1. The normalized spacial score (nSPS) is 11.2. The zero-order valence-electron chi connectivity index (χ0n) is 34.1. The van der Waals surface area contributed by atoms with Crippen LogP contribution in [-0.2, 0) is 11.2 Å². The Morgan fingerprint density at radius 2 is 1.65 bits per heavy atom. The van der Waals surface area contributed by atoms with Crippen molar-refractivity contribution in [1.29, 1.82) is 5.41 Å². The Kier molecular flexibility index (Phi) is 16.1. The number of aryl methyl sites for hydroxylation is 1. The van der Waals surface area contributed by atoms with Crippen molar-refractivity contribution < 1.29 is 19.0 Å². The quantitative estimate of drug-likeness (QED) is 0.0178. The van der Waals surface area contributed by atoms with Crippen LogP contribution >= 0.6 is 11.3 Å². The summed E-state index contributed by atoms with van der Waals surface area (Å²) in [5.74, 6) is -0.140. The number of aliphatic hydroxyl groups excluding tert-OH is 1. The molecule has 1 heterocycles. The number of ether oxygens (including phenoxy) is 1. The Bertz CT molecular complexity index is 2350. The van der Waals surface area contributed by atoms with Crippen LogP contribution in [0.25, 0.3) is 32.5 Å². The molecule has 11 heteroatoms. The first kappa shape index (κ1) is 43.4. The van der Waals surface area contributed by atoms with Crippen molar-refractivity contribution in [3.8, 4) is 28.0 Å². The second-order valence-electron chi connectivity index (χ2n) is 14.5. The van der Waals surface area contributed by atoms with E-state index in [1.165, 1.54) is 23.0 Å². The van der Waals surface area contributed by atoms with Gasteiger partial charge in [0.2, 0.25) is 16.9 Å². The molecular weight excluding hydrogens is 772 g/mol. The highest BCUT2D eigenvalue weighted by Gasteiger charge is 2.16. The van der Waals surface area contributed by atoms with Gasteiger partial charge in [0.25, 0.3) is 0 Å². The largest absolute Gasteiger partial charge is 0.439 e. The van der Waals surface area contributed by atoms with Crippen molar-refractivity contribution in [2.24, 2.45) is 5.10 Å². The minimum atomic E-state index is -0.370. The first-order valence-corrected chi connectivity index (χ1v) is 21.5. The lowest BCUT2D eigenvalue weighted by Crippen LogP contribution is -2.21. The van der Waals surface area contributed by atoms with Crippen LogP contribution in [0.1, 0.15) is 68.6 Å². The fourth-order valence-electron chi connectivity index (χ4n) is 6.68. The monoisotopic (exact) mass is 824 g/mol. The number of nitrogens with zero attached hydrogens (tertiary/aromatic N) is 3. The van der Waals surface area contributed by atoms with Crippen LogP contribution < -0.4 is 20.4 Å². The van der Waals surface area contributed by atoms with E-state index in [1.807, 2.05) is 66.7 Å². The molecule has 9 nitrogen and oxygen atoms in total. The van der Waals surface area contributed by atoms with Crippen LogP contribution in [0, 0.1) is 11.2 Å². The van der Waals surface area contributed by atoms with Crippen LogP contribution in [-0.4, -0.2) is 54.4 Å². The van der Waals surface area contributed by atoms with Crippen molar-refractivity contribution in [1.82, 2.24) is 10.3 Å². The molecule has 0 saturated carbocycles. The van der Waals surface area contributed by atoms with E-state index in [-0.39, 0.29) is 24.2 Å². The first-order chi connectivity index (χ1) is 29.3. The molecule has 0 spiro atoms. The Morgan fingerprint density at radius 3 is 2.38 bits per heavy atom. The molecule has 0 radical (unpaired) electrons. The molecule has 0 aliphatic rings. The molecule has 6 rings (SSSR count). The zero-order chi connectivity index (χ0) is 42.1. The molecule has 5 aromatic carbocycles. The van der Waals surface area contributed by atoms with E-state index in [9.17, 15) is 9.90 Å².